The zero-order valence-corrected chi connectivity index (χ0v) is 33.0. The molecule has 1 aromatic rings. The number of carboxylic acids is 1. The number of carbonyl (C=O) groups excluding carboxylic acids is 5. The predicted octanol–water partition coefficient (Wildman–Crippen LogP) is 4.18. The highest BCUT2D eigenvalue weighted by atomic mass is 16.4. The molecule has 0 saturated heterocycles. The molecule has 0 radical (unpaired) electrons. The third kappa shape index (κ3) is 11.9. The van der Waals surface area contributed by atoms with Gasteiger partial charge in [0.1, 0.15) is 30.2 Å². The van der Waals surface area contributed by atoms with E-state index in [0.29, 0.717) is 12.8 Å². The smallest absolute Gasteiger partial charge is 0.326 e. The van der Waals surface area contributed by atoms with Crippen LogP contribution in [-0.4, -0.2) is 131 Å². The number of likely N-dealkylation sites (N-methyl/N-ethyl adjacent to an activating group) is 5. The highest BCUT2D eigenvalue weighted by molar-refractivity contribution is 5.96. The van der Waals surface area contributed by atoms with Crippen LogP contribution in [0.25, 0.3) is 0 Å². The van der Waals surface area contributed by atoms with Crippen molar-refractivity contribution in [1.82, 2.24) is 24.5 Å². The summed E-state index contributed by atoms with van der Waals surface area (Å²) in [7, 11) is 7.57. The number of benzene rings is 1. The molecule has 1 rings (SSSR count). The van der Waals surface area contributed by atoms with Gasteiger partial charge in [-0.3, -0.25) is 24.0 Å². The summed E-state index contributed by atoms with van der Waals surface area (Å²) in [5.41, 5.74) is 0.752. The summed E-state index contributed by atoms with van der Waals surface area (Å²) in [6, 6.07) is 4.06. The van der Waals surface area contributed by atoms with E-state index in [1.54, 1.807) is 52.2 Å². The van der Waals surface area contributed by atoms with Gasteiger partial charge < -0.3 is 29.6 Å². The number of amides is 5. The molecule has 0 aromatic heterocycles. The lowest BCUT2D eigenvalue weighted by Gasteiger charge is -2.41. The van der Waals surface area contributed by atoms with Crippen LogP contribution in [0, 0.1) is 17.8 Å². The minimum absolute atomic E-state index is 0.0921. The molecule has 286 valence electrons. The second-order valence-electron chi connectivity index (χ2n) is 14.6. The van der Waals surface area contributed by atoms with Gasteiger partial charge in [0, 0.05) is 48.1 Å². The van der Waals surface area contributed by atoms with Crippen molar-refractivity contribution < 1.29 is 33.9 Å². The van der Waals surface area contributed by atoms with Crippen LogP contribution in [0.15, 0.2) is 43.0 Å². The Labute approximate surface area is 305 Å². The minimum atomic E-state index is -1.17. The first-order chi connectivity index (χ1) is 23.7. The van der Waals surface area contributed by atoms with Crippen molar-refractivity contribution >= 4 is 35.5 Å². The first-order valence-corrected chi connectivity index (χ1v) is 17.9. The van der Waals surface area contributed by atoms with E-state index in [1.807, 2.05) is 39.8 Å². The summed E-state index contributed by atoms with van der Waals surface area (Å²) in [5, 5.41) is 9.96. The molecule has 5 atom stereocenters. The van der Waals surface area contributed by atoms with Gasteiger partial charge in [0.05, 0.1) is 0 Å². The maximum Gasteiger partial charge on any atom is 0.326 e. The van der Waals surface area contributed by atoms with Crippen LogP contribution in [0.5, 0.6) is 0 Å². The van der Waals surface area contributed by atoms with E-state index in [9.17, 15) is 33.9 Å². The zero-order valence-electron chi connectivity index (χ0n) is 33.0. The maximum atomic E-state index is 14.3. The fraction of sp³-hybridized carbons (Fsp3) is 0.641. The van der Waals surface area contributed by atoms with Gasteiger partial charge in [-0.2, -0.15) is 0 Å². The van der Waals surface area contributed by atoms with Gasteiger partial charge in [-0.05, 0) is 49.5 Å². The fourth-order valence-corrected chi connectivity index (χ4v) is 6.52. The van der Waals surface area contributed by atoms with Gasteiger partial charge in [0.2, 0.25) is 29.5 Å². The third-order valence-electron chi connectivity index (χ3n) is 9.70. The molecule has 0 unspecified atom stereocenters. The quantitative estimate of drug-likeness (QED) is 0.158. The van der Waals surface area contributed by atoms with Crippen molar-refractivity contribution in [3.05, 3.63) is 48.6 Å². The molecule has 1 N–H and O–H groups in total. The Balaban J connectivity index is 3.28. The van der Waals surface area contributed by atoms with E-state index in [-0.39, 0.29) is 36.0 Å². The second-order valence-corrected chi connectivity index (χ2v) is 14.6. The number of hydrogen-bond donors (Lipinski definition) is 1. The molecule has 1 aromatic carbocycles. The van der Waals surface area contributed by atoms with Crippen molar-refractivity contribution in [1.29, 1.82) is 0 Å². The van der Waals surface area contributed by atoms with Crippen molar-refractivity contribution in [3.63, 3.8) is 0 Å². The standard InChI is InChI=1S/C39H63N5O7/c1-14-15-16-20-23-31(45)42(11)32(25(2)3)37(48)44(13)34(27(6)7)38(49)43(12)33(26(4)5)36(47)40(9)28(8)35(46)41(10)30(39(50)51)24-29-21-18-17-19-22-29/h14,17-19,21-22,25-28,30,32-34H,1,15-16,20,23-24H2,2-13H3,(H,50,51)/t28-,30-,32-,33-,34-/m0/s1. The third-order valence-corrected chi connectivity index (χ3v) is 9.70. The number of hydrogen-bond acceptors (Lipinski definition) is 6. The Bertz CT molecular complexity index is 1350. The number of nitrogens with zero attached hydrogens (tertiary/aromatic N) is 5. The van der Waals surface area contributed by atoms with Crippen molar-refractivity contribution in [2.24, 2.45) is 17.8 Å². The monoisotopic (exact) mass is 713 g/mol. The van der Waals surface area contributed by atoms with Crippen LogP contribution in [0.1, 0.15) is 79.7 Å². The molecule has 12 nitrogen and oxygen atoms in total. The Hall–Kier alpha value is -4.22. The topological polar surface area (TPSA) is 139 Å². The molecule has 5 amide bonds. The van der Waals surface area contributed by atoms with Crippen LogP contribution in [-0.2, 0) is 35.2 Å². The van der Waals surface area contributed by atoms with Crippen molar-refractivity contribution in [2.45, 2.75) is 111 Å². The lowest BCUT2D eigenvalue weighted by molar-refractivity contribution is -0.158. The van der Waals surface area contributed by atoms with E-state index >= 15 is 0 Å². The van der Waals surface area contributed by atoms with E-state index in [0.717, 1.165) is 23.3 Å². The molecule has 0 heterocycles. The van der Waals surface area contributed by atoms with Gasteiger partial charge in [-0.15, -0.1) is 6.58 Å². The molecular weight excluding hydrogens is 650 g/mol. The van der Waals surface area contributed by atoms with Crippen LogP contribution in [0.3, 0.4) is 0 Å². The van der Waals surface area contributed by atoms with E-state index < -0.39 is 53.9 Å². The molecule has 0 aliphatic carbocycles. The van der Waals surface area contributed by atoms with Crippen molar-refractivity contribution in [3.8, 4) is 0 Å². The Kier molecular flexibility index (Phi) is 18.1. The second kappa shape index (κ2) is 20.6. The SMILES string of the molecule is C=CCCCCC(=O)N(C)[C@H](C(=O)N(C)[C@H](C(=O)N(C)[C@H](C(=O)N(C)[C@@H](C)C(=O)N(C)[C@@H](Cc1ccccc1)C(=O)O)C(C)C)C(C)C)C(C)C. The number of carboxylic acid groups (broad SMARTS) is 1. The van der Waals surface area contributed by atoms with Gasteiger partial charge >= 0.3 is 5.97 Å². The number of allylic oxidation sites excluding steroid dienone is 1. The highest BCUT2D eigenvalue weighted by Gasteiger charge is 2.43. The fourth-order valence-electron chi connectivity index (χ4n) is 6.52. The largest absolute Gasteiger partial charge is 0.480 e. The number of aliphatic carboxylic acids is 1. The summed E-state index contributed by atoms with van der Waals surface area (Å²) in [5.74, 6) is -4.14. The lowest BCUT2D eigenvalue weighted by Crippen LogP contribution is -2.61. The Morgan fingerprint density at radius 1 is 0.627 bits per heavy atom. The summed E-state index contributed by atoms with van der Waals surface area (Å²) in [6.07, 6.45) is 4.50. The molecule has 0 aliphatic heterocycles. The highest BCUT2D eigenvalue weighted by Crippen LogP contribution is 2.23. The van der Waals surface area contributed by atoms with Crippen LogP contribution < -0.4 is 0 Å². The predicted molar refractivity (Wildman–Crippen MR) is 199 cm³/mol. The molecule has 0 spiro atoms. The molecule has 12 heteroatoms. The van der Waals surface area contributed by atoms with Gasteiger partial charge in [-0.25, -0.2) is 4.79 Å². The Morgan fingerprint density at radius 2 is 1.06 bits per heavy atom. The summed E-state index contributed by atoms with van der Waals surface area (Å²) in [6.45, 7) is 16.2. The lowest BCUT2D eigenvalue weighted by atomic mass is 9.94. The van der Waals surface area contributed by atoms with E-state index in [4.69, 9.17) is 0 Å². The van der Waals surface area contributed by atoms with Crippen LogP contribution in [0.2, 0.25) is 0 Å². The zero-order chi connectivity index (χ0) is 39.3. The van der Waals surface area contributed by atoms with Gasteiger partial charge in [0.15, 0.2) is 0 Å². The first kappa shape index (κ1) is 44.8. The first-order valence-electron chi connectivity index (χ1n) is 17.9. The van der Waals surface area contributed by atoms with E-state index in [2.05, 4.69) is 6.58 Å². The molecule has 0 bridgehead atoms. The van der Waals surface area contributed by atoms with Crippen LogP contribution in [0.4, 0.5) is 0 Å². The van der Waals surface area contributed by atoms with Gasteiger partial charge in [0.25, 0.3) is 0 Å². The number of unbranched alkanes of at least 4 members (excludes halogenated alkanes) is 2. The number of carbonyl (C=O) groups is 6. The summed E-state index contributed by atoms with van der Waals surface area (Å²) < 4.78 is 0. The Morgan fingerprint density at radius 3 is 1.47 bits per heavy atom. The molecule has 0 aliphatic rings. The average Bonchev–Trinajstić information content (AvgIpc) is 3.07. The van der Waals surface area contributed by atoms with Gasteiger partial charge in [-0.1, -0.05) is 78.0 Å². The maximum absolute atomic E-state index is 14.3. The number of rotatable bonds is 20. The average molecular weight is 714 g/mol. The summed E-state index contributed by atoms with van der Waals surface area (Å²) >= 11 is 0. The normalized spacial score (nSPS) is 14.3. The molecular formula is C39H63N5O7. The molecule has 0 fully saturated rings. The van der Waals surface area contributed by atoms with Crippen LogP contribution >= 0.6 is 0 Å². The molecule has 0 saturated carbocycles. The molecule has 51 heavy (non-hydrogen) atoms. The summed E-state index contributed by atoms with van der Waals surface area (Å²) in [4.78, 5) is 87.9. The van der Waals surface area contributed by atoms with E-state index in [1.165, 1.54) is 47.7 Å². The van der Waals surface area contributed by atoms with Crippen molar-refractivity contribution in [2.75, 3.05) is 35.2 Å². The minimum Gasteiger partial charge on any atom is -0.480 e.